The first-order valence-corrected chi connectivity index (χ1v) is 6.31. The maximum Gasteiger partial charge on any atom is 0.331 e. The highest BCUT2D eigenvalue weighted by molar-refractivity contribution is 6.34. The second-order valence-electron chi connectivity index (χ2n) is 3.99. The number of benzene rings is 1. The summed E-state index contributed by atoms with van der Waals surface area (Å²) in [5.74, 6) is -1.24. The fourth-order valence-corrected chi connectivity index (χ4v) is 1.58. The molecule has 1 aromatic carbocycles. The standard InChI is InChI=1S/C13H13ClN2O5/c1-3-4-12(17)21-8(2)13(18)15-11-6-5-9(16(19)20)7-10(11)14/h3-8H,1-2H3,(H,15,18)/b4-3+. The monoisotopic (exact) mass is 312 g/mol. The molecule has 112 valence electrons. The van der Waals surface area contributed by atoms with Crippen LogP contribution in [0.15, 0.2) is 30.4 Å². The van der Waals surface area contributed by atoms with Crippen molar-refractivity contribution in [1.82, 2.24) is 0 Å². The molecule has 8 heteroatoms. The molecule has 0 aliphatic carbocycles. The Morgan fingerprint density at radius 2 is 2.14 bits per heavy atom. The van der Waals surface area contributed by atoms with Gasteiger partial charge in [0.15, 0.2) is 6.10 Å². The van der Waals surface area contributed by atoms with Gasteiger partial charge in [0, 0.05) is 18.2 Å². The van der Waals surface area contributed by atoms with Crippen molar-refractivity contribution in [2.45, 2.75) is 20.0 Å². The third-order valence-electron chi connectivity index (χ3n) is 2.39. The fourth-order valence-electron chi connectivity index (χ4n) is 1.36. The van der Waals surface area contributed by atoms with Crippen molar-refractivity contribution in [2.24, 2.45) is 0 Å². The molecule has 7 nitrogen and oxygen atoms in total. The number of hydrogen-bond donors (Lipinski definition) is 1. The first kappa shape index (κ1) is 16.6. The van der Waals surface area contributed by atoms with E-state index in [9.17, 15) is 19.7 Å². The molecule has 0 spiro atoms. The van der Waals surface area contributed by atoms with E-state index in [1.165, 1.54) is 31.2 Å². The van der Waals surface area contributed by atoms with Gasteiger partial charge in [0.1, 0.15) is 0 Å². The zero-order valence-corrected chi connectivity index (χ0v) is 12.1. The molecule has 0 aliphatic heterocycles. The number of nitro benzene ring substituents is 1. The van der Waals surface area contributed by atoms with E-state index in [0.29, 0.717) is 0 Å². The lowest BCUT2D eigenvalue weighted by Gasteiger charge is -2.13. The van der Waals surface area contributed by atoms with Gasteiger partial charge in [0.2, 0.25) is 0 Å². The molecule has 1 unspecified atom stereocenters. The van der Waals surface area contributed by atoms with Crippen molar-refractivity contribution < 1.29 is 19.2 Å². The van der Waals surface area contributed by atoms with Gasteiger partial charge < -0.3 is 10.1 Å². The number of anilines is 1. The van der Waals surface area contributed by atoms with Crippen LogP contribution in [0.1, 0.15) is 13.8 Å². The molecular weight excluding hydrogens is 300 g/mol. The first-order chi connectivity index (χ1) is 9.85. The molecule has 1 atom stereocenters. The minimum Gasteiger partial charge on any atom is -0.449 e. The van der Waals surface area contributed by atoms with Crippen molar-refractivity contribution in [3.05, 3.63) is 45.5 Å². The van der Waals surface area contributed by atoms with Gasteiger partial charge in [0.25, 0.3) is 11.6 Å². The van der Waals surface area contributed by atoms with Gasteiger partial charge in [-0.2, -0.15) is 0 Å². The number of halogens is 1. The van der Waals surface area contributed by atoms with E-state index in [-0.39, 0.29) is 16.4 Å². The number of nitrogens with one attached hydrogen (secondary N) is 1. The Kier molecular flexibility index (Phi) is 5.86. The molecule has 0 saturated carbocycles. The number of hydrogen-bond acceptors (Lipinski definition) is 5. The molecule has 0 radical (unpaired) electrons. The van der Waals surface area contributed by atoms with Crippen LogP contribution in [-0.4, -0.2) is 22.9 Å². The molecule has 0 aliphatic rings. The van der Waals surface area contributed by atoms with E-state index in [2.05, 4.69) is 5.32 Å². The van der Waals surface area contributed by atoms with Gasteiger partial charge in [-0.25, -0.2) is 4.79 Å². The third kappa shape index (κ3) is 4.88. The van der Waals surface area contributed by atoms with E-state index in [4.69, 9.17) is 16.3 Å². The SMILES string of the molecule is C/C=C/C(=O)OC(C)C(=O)Nc1ccc([N+](=O)[O-])cc1Cl. The van der Waals surface area contributed by atoms with Crippen LogP contribution in [0.4, 0.5) is 11.4 Å². The highest BCUT2D eigenvalue weighted by Gasteiger charge is 2.18. The van der Waals surface area contributed by atoms with E-state index < -0.39 is 22.9 Å². The largest absolute Gasteiger partial charge is 0.449 e. The lowest BCUT2D eigenvalue weighted by molar-refractivity contribution is -0.384. The quantitative estimate of drug-likeness (QED) is 0.390. The summed E-state index contributed by atoms with van der Waals surface area (Å²) in [6.07, 6.45) is 1.64. The number of non-ortho nitro benzene ring substituents is 1. The van der Waals surface area contributed by atoms with Gasteiger partial charge in [-0.3, -0.25) is 14.9 Å². The van der Waals surface area contributed by atoms with Gasteiger partial charge in [-0.05, 0) is 19.9 Å². The maximum atomic E-state index is 11.8. The lowest BCUT2D eigenvalue weighted by Crippen LogP contribution is -2.29. The summed E-state index contributed by atoms with van der Waals surface area (Å²) in [4.78, 5) is 33.0. The number of allylic oxidation sites excluding steroid dienone is 1. The normalized spacial score (nSPS) is 12.0. The molecular formula is C13H13ClN2O5. The van der Waals surface area contributed by atoms with Crippen LogP contribution in [0.3, 0.4) is 0 Å². The highest BCUT2D eigenvalue weighted by atomic mass is 35.5. The van der Waals surface area contributed by atoms with Gasteiger partial charge in [-0.15, -0.1) is 0 Å². The number of nitrogens with zero attached hydrogens (tertiary/aromatic N) is 1. The van der Waals surface area contributed by atoms with Gasteiger partial charge in [0.05, 0.1) is 15.6 Å². The second kappa shape index (κ2) is 7.39. The Morgan fingerprint density at radius 1 is 1.48 bits per heavy atom. The second-order valence-corrected chi connectivity index (χ2v) is 4.40. The number of nitro groups is 1. The van der Waals surface area contributed by atoms with E-state index in [1.807, 2.05) is 0 Å². The average Bonchev–Trinajstić information content (AvgIpc) is 2.40. The topological polar surface area (TPSA) is 98.5 Å². The van der Waals surface area contributed by atoms with Crippen LogP contribution in [0.5, 0.6) is 0 Å². The molecule has 1 N–H and O–H groups in total. The zero-order valence-electron chi connectivity index (χ0n) is 11.3. The maximum absolute atomic E-state index is 11.8. The van der Waals surface area contributed by atoms with Crippen molar-refractivity contribution in [1.29, 1.82) is 0 Å². The van der Waals surface area contributed by atoms with Crippen molar-refractivity contribution in [2.75, 3.05) is 5.32 Å². The predicted octanol–water partition coefficient (Wildman–Crippen LogP) is 2.69. The third-order valence-corrected chi connectivity index (χ3v) is 2.70. The van der Waals surface area contributed by atoms with Crippen molar-refractivity contribution in [3.63, 3.8) is 0 Å². The Labute approximate surface area is 125 Å². The highest BCUT2D eigenvalue weighted by Crippen LogP contribution is 2.26. The fraction of sp³-hybridized carbons (Fsp3) is 0.231. The summed E-state index contributed by atoms with van der Waals surface area (Å²) < 4.78 is 4.84. The molecule has 0 bridgehead atoms. The molecule has 0 aromatic heterocycles. The average molecular weight is 313 g/mol. The summed E-state index contributed by atoms with van der Waals surface area (Å²) in [7, 11) is 0. The first-order valence-electron chi connectivity index (χ1n) is 5.93. The number of amides is 1. The van der Waals surface area contributed by atoms with Gasteiger partial charge >= 0.3 is 5.97 Å². The molecule has 0 saturated heterocycles. The molecule has 0 heterocycles. The number of esters is 1. The summed E-state index contributed by atoms with van der Waals surface area (Å²) in [6.45, 7) is 3.04. The predicted molar refractivity (Wildman–Crippen MR) is 77.1 cm³/mol. The minimum atomic E-state index is -1.03. The Hall–Kier alpha value is -2.41. The molecule has 0 fully saturated rings. The smallest absolute Gasteiger partial charge is 0.331 e. The van der Waals surface area contributed by atoms with Crippen LogP contribution in [0.25, 0.3) is 0 Å². The van der Waals surface area contributed by atoms with Gasteiger partial charge in [-0.1, -0.05) is 17.7 Å². The number of rotatable bonds is 5. The lowest BCUT2D eigenvalue weighted by atomic mass is 10.2. The van der Waals surface area contributed by atoms with Crippen LogP contribution in [0.2, 0.25) is 5.02 Å². The minimum absolute atomic E-state index is 0.0181. The summed E-state index contributed by atoms with van der Waals surface area (Å²) in [5, 5.41) is 13.0. The van der Waals surface area contributed by atoms with Crippen molar-refractivity contribution in [3.8, 4) is 0 Å². The van der Waals surface area contributed by atoms with Crippen LogP contribution < -0.4 is 5.32 Å². The zero-order chi connectivity index (χ0) is 16.0. The Bertz CT molecular complexity index is 600. The Balaban J connectivity index is 2.74. The number of ether oxygens (including phenoxy) is 1. The summed E-state index contributed by atoms with van der Waals surface area (Å²) >= 11 is 5.84. The van der Waals surface area contributed by atoms with E-state index in [1.54, 1.807) is 6.92 Å². The number of carbonyl (C=O) groups is 2. The molecule has 1 aromatic rings. The van der Waals surface area contributed by atoms with E-state index >= 15 is 0 Å². The van der Waals surface area contributed by atoms with Crippen LogP contribution in [0, 0.1) is 10.1 Å². The van der Waals surface area contributed by atoms with Crippen molar-refractivity contribution >= 4 is 34.9 Å². The summed E-state index contributed by atoms with van der Waals surface area (Å²) in [5.41, 5.74) is 0.00626. The molecule has 1 amide bonds. The van der Waals surface area contributed by atoms with E-state index in [0.717, 1.165) is 6.07 Å². The molecule has 1 rings (SSSR count). The summed E-state index contributed by atoms with van der Waals surface area (Å²) in [6, 6.07) is 3.63. The molecule has 21 heavy (non-hydrogen) atoms. The van der Waals surface area contributed by atoms with Crippen LogP contribution in [-0.2, 0) is 14.3 Å². The Morgan fingerprint density at radius 3 is 2.67 bits per heavy atom. The van der Waals surface area contributed by atoms with Crippen LogP contribution >= 0.6 is 11.6 Å². The number of carbonyl (C=O) groups excluding carboxylic acids is 2.